The first-order valence-electron chi connectivity index (χ1n) is 9.02. The van der Waals surface area contributed by atoms with E-state index in [0.29, 0.717) is 41.3 Å². The van der Waals surface area contributed by atoms with E-state index in [-0.39, 0.29) is 17.7 Å². The van der Waals surface area contributed by atoms with Crippen molar-refractivity contribution >= 4 is 28.6 Å². The molecule has 0 aliphatic carbocycles. The molecular formula is C19H25ClN4O3. The lowest BCUT2D eigenvalue weighted by molar-refractivity contribution is 0.0288. The second-order valence-corrected chi connectivity index (χ2v) is 8.34. The van der Waals surface area contributed by atoms with E-state index in [1.807, 2.05) is 20.8 Å². The molecule has 0 radical (unpaired) electrons. The van der Waals surface area contributed by atoms with Gasteiger partial charge in [0.2, 0.25) is 0 Å². The molecule has 1 fully saturated rings. The SMILES string of the molecule is C[C@H](N)c1nc2cccc(Cl)c2c(=O)n1[C@H]1CCN(C(=O)OC(C)(C)C)C1. The number of ether oxygens (including phenoxy) is 1. The highest BCUT2D eigenvalue weighted by Crippen LogP contribution is 2.27. The molecule has 0 saturated carbocycles. The standard InChI is InChI=1S/C19H25ClN4O3/c1-11(21)16-22-14-7-5-6-13(20)15(14)17(25)24(16)12-8-9-23(10-12)18(26)27-19(2,3)4/h5-7,11-12H,8-10,21H2,1-4H3/t11-,12-/m0/s1. The summed E-state index contributed by atoms with van der Waals surface area (Å²) < 4.78 is 7.04. The zero-order chi connectivity index (χ0) is 19.9. The van der Waals surface area contributed by atoms with E-state index < -0.39 is 11.6 Å². The van der Waals surface area contributed by atoms with Crippen LogP contribution in [0, 0.1) is 0 Å². The monoisotopic (exact) mass is 392 g/mol. The van der Waals surface area contributed by atoms with E-state index >= 15 is 0 Å². The van der Waals surface area contributed by atoms with E-state index in [9.17, 15) is 9.59 Å². The summed E-state index contributed by atoms with van der Waals surface area (Å²) in [4.78, 5) is 31.8. The van der Waals surface area contributed by atoms with Gasteiger partial charge in [-0.15, -0.1) is 0 Å². The van der Waals surface area contributed by atoms with E-state index in [2.05, 4.69) is 4.98 Å². The smallest absolute Gasteiger partial charge is 0.410 e. The van der Waals surface area contributed by atoms with Gasteiger partial charge in [-0.3, -0.25) is 9.36 Å². The van der Waals surface area contributed by atoms with E-state index in [0.717, 1.165) is 0 Å². The van der Waals surface area contributed by atoms with Crippen molar-refractivity contribution in [2.24, 2.45) is 5.73 Å². The lowest BCUT2D eigenvalue weighted by Crippen LogP contribution is -2.37. The molecule has 2 aromatic rings. The number of aromatic nitrogens is 2. The molecule has 2 atom stereocenters. The maximum atomic E-state index is 13.2. The molecule has 0 bridgehead atoms. The number of hydrogen-bond donors (Lipinski definition) is 1. The number of rotatable bonds is 2. The Morgan fingerprint density at radius 2 is 2.11 bits per heavy atom. The van der Waals surface area contributed by atoms with Crippen LogP contribution in [0.4, 0.5) is 4.79 Å². The largest absolute Gasteiger partial charge is 0.444 e. The number of hydrogen-bond acceptors (Lipinski definition) is 5. The predicted octanol–water partition coefficient (Wildman–Crippen LogP) is 3.25. The van der Waals surface area contributed by atoms with Crippen LogP contribution in [0.3, 0.4) is 0 Å². The summed E-state index contributed by atoms with van der Waals surface area (Å²) in [6.07, 6.45) is 0.239. The van der Waals surface area contributed by atoms with Crippen LogP contribution < -0.4 is 11.3 Å². The number of nitrogens with zero attached hydrogens (tertiary/aromatic N) is 3. The van der Waals surface area contributed by atoms with Crippen molar-refractivity contribution < 1.29 is 9.53 Å². The van der Waals surface area contributed by atoms with Crippen LogP contribution in [0.2, 0.25) is 5.02 Å². The summed E-state index contributed by atoms with van der Waals surface area (Å²) in [6.45, 7) is 8.14. The summed E-state index contributed by atoms with van der Waals surface area (Å²) in [5.74, 6) is 0.491. The molecule has 1 aromatic heterocycles. The van der Waals surface area contributed by atoms with Gasteiger partial charge < -0.3 is 15.4 Å². The molecule has 1 aromatic carbocycles. The topological polar surface area (TPSA) is 90.5 Å². The van der Waals surface area contributed by atoms with Crippen molar-refractivity contribution in [1.82, 2.24) is 14.5 Å². The molecule has 0 spiro atoms. The quantitative estimate of drug-likeness (QED) is 0.847. The second kappa shape index (κ2) is 7.13. The third kappa shape index (κ3) is 3.94. The summed E-state index contributed by atoms with van der Waals surface area (Å²) in [7, 11) is 0. The van der Waals surface area contributed by atoms with Crippen LogP contribution in [-0.2, 0) is 4.74 Å². The van der Waals surface area contributed by atoms with E-state index in [1.54, 1.807) is 34.6 Å². The Hall–Kier alpha value is -2.12. The van der Waals surface area contributed by atoms with Gasteiger partial charge in [0.05, 0.1) is 28.0 Å². The number of fused-ring (bicyclic) bond motifs is 1. The van der Waals surface area contributed by atoms with Gasteiger partial charge in [0.1, 0.15) is 11.4 Å². The maximum absolute atomic E-state index is 13.2. The Morgan fingerprint density at radius 3 is 2.74 bits per heavy atom. The number of halogens is 1. The van der Waals surface area contributed by atoms with Crippen LogP contribution in [0.5, 0.6) is 0 Å². The van der Waals surface area contributed by atoms with Crippen molar-refractivity contribution in [2.75, 3.05) is 13.1 Å². The first-order valence-corrected chi connectivity index (χ1v) is 9.40. The lowest BCUT2D eigenvalue weighted by Gasteiger charge is -2.25. The third-order valence-corrected chi connectivity index (χ3v) is 4.81. The Morgan fingerprint density at radius 1 is 1.41 bits per heavy atom. The highest BCUT2D eigenvalue weighted by molar-refractivity contribution is 6.35. The van der Waals surface area contributed by atoms with E-state index in [4.69, 9.17) is 22.1 Å². The second-order valence-electron chi connectivity index (χ2n) is 7.94. The van der Waals surface area contributed by atoms with Gasteiger partial charge >= 0.3 is 6.09 Å². The Balaban J connectivity index is 2.01. The van der Waals surface area contributed by atoms with Crippen molar-refractivity contribution in [3.63, 3.8) is 0 Å². The number of likely N-dealkylation sites (tertiary alicyclic amines) is 1. The third-order valence-electron chi connectivity index (χ3n) is 4.49. The van der Waals surface area contributed by atoms with Crippen LogP contribution in [0.25, 0.3) is 10.9 Å². The fraction of sp³-hybridized carbons (Fsp3) is 0.526. The number of carbonyl (C=O) groups excluding carboxylic acids is 1. The number of benzene rings is 1. The van der Waals surface area contributed by atoms with Gasteiger partial charge in [0.25, 0.3) is 5.56 Å². The van der Waals surface area contributed by atoms with Gasteiger partial charge in [-0.25, -0.2) is 9.78 Å². The number of carbonyl (C=O) groups is 1. The molecule has 0 unspecified atom stereocenters. The average Bonchev–Trinajstić information content (AvgIpc) is 3.02. The molecule has 2 heterocycles. The molecule has 1 aliphatic heterocycles. The highest BCUT2D eigenvalue weighted by Gasteiger charge is 2.33. The molecule has 7 nitrogen and oxygen atoms in total. The summed E-state index contributed by atoms with van der Waals surface area (Å²) >= 11 is 6.26. The molecule has 146 valence electrons. The summed E-state index contributed by atoms with van der Waals surface area (Å²) in [5.41, 5.74) is 5.83. The normalized spacial score (nSPS) is 18.7. The van der Waals surface area contributed by atoms with Crippen molar-refractivity contribution in [2.45, 2.75) is 51.8 Å². The average molecular weight is 393 g/mol. The Kier molecular flexibility index (Phi) is 5.18. The first kappa shape index (κ1) is 19.6. The molecule has 3 rings (SSSR count). The molecule has 1 amide bonds. The summed E-state index contributed by atoms with van der Waals surface area (Å²) in [5, 5.41) is 0.733. The zero-order valence-electron chi connectivity index (χ0n) is 16.0. The number of nitrogens with two attached hydrogens (primary N) is 1. The van der Waals surface area contributed by atoms with Crippen molar-refractivity contribution in [3.8, 4) is 0 Å². The van der Waals surface area contributed by atoms with Gasteiger partial charge in [-0.1, -0.05) is 17.7 Å². The number of amides is 1. The van der Waals surface area contributed by atoms with Gasteiger partial charge in [-0.05, 0) is 46.2 Å². The highest BCUT2D eigenvalue weighted by atomic mass is 35.5. The minimum Gasteiger partial charge on any atom is -0.444 e. The molecule has 27 heavy (non-hydrogen) atoms. The van der Waals surface area contributed by atoms with Crippen molar-refractivity contribution in [3.05, 3.63) is 39.4 Å². The van der Waals surface area contributed by atoms with Crippen LogP contribution in [0.15, 0.2) is 23.0 Å². The van der Waals surface area contributed by atoms with Crippen molar-refractivity contribution in [1.29, 1.82) is 0 Å². The van der Waals surface area contributed by atoms with E-state index in [1.165, 1.54) is 0 Å². The minimum atomic E-state index is -0.568. The molecule has 1 saturated heterocycles. The molecule has 1 aliphatic rings. The predicted molar refractivity (Wildman–Crippen MR) is 105 cm³/mol. The Bertz CT molecular complexity index is 933. The Labute approximate surface area is 163 Å². The molecule has 2 N–H and O–H groups in total. The minimum absolute atomic E-state index is 0.223. The summed E-state index contributed by atoms with van der Waals surface area (Å²) in [6, 6.07) is 4.52. The maximum Gasteiger partial charge on any atom is 0.410 e. The van der Waals surface area contributed by atoms with Gasteiger partial charge in [0.15, 0.2) is 0 Å². The molecule has 8 heteroatoms. The van der Waals surface area contributed by atoms with Gasteiger partial charge in [0, 0.05) is 13.1 Å². The molecular weight excluding hydrogens is 368 g/mol. The fourth-order valence-corrected chi connectivity index (χ4v) is 3.59. The zero-order valence-corrected chi connectivity index (χ0v) is 16.8. The van der Waals surface area contributed by atoms with Crippen LogP contribution >= 0.6 is 11.6 Å². The van der Waals surface area contributed by atoms with Crippen LogP contribution in [0.1, 0.15) is 52.0 Å². The fourth-order valence-electron chi connectivity index (χ4n) is 3.34. The lowest BCUT2D eigenvalue weighted by atomic mass is 10.1. The van der Waals surface area contributed by atoms with Gasteiger partial charge in [-0.2, -0.15) is 0 Å². The first-order chi connectivity index (χ1) is 12.6. The van der Waals surface area contributed by atoms with Crippen LogP contribution in [-0.4, -0.2) is 39.2 Å².